The van der Waals surface area contributed by atoms with Gasteiger partial charge in [-0.2, -0.15) is 9.78 Å². The van der Waals surface area contributed by atoms with Crippen molar-refractivity contribution < 1.29 is 9.18 Å². The number of rotatable bonds is 1. The molecule has 0 aliphatic rings. The molecule has 0 spiro atoms. The Bertz CT molecular complexity index is 513. The fourth-order valence-corrected chi connectivity index (χ4v) is 1.32. The topological polar surface area (TPSA) is 46.9 Å². The van der Waals surface area contributed by atoms with Crippen LogP contribution in [-0.4, -0.2) is 15.8 Å². The average molecular weight is 240 g/mol. The minimum Gasteiger partial charge on any atom is -0.306 e. The number of carbonyl (C=O) groups excluding carboxylic acids is 1. The second-order valence-electron chi connectivity index (χ2n) is 3.01. The van der Waals surface area contributed by atoms with E-state index in [1.54, 1.807) is 6.07 Å². The zero-order chi connectivity index (χ0) is 11.5. The number of anilines is 1. The van der Waals surface area contributed by atoms with Crippen molar-refractivity contribution in [1.29, 1.82) is 0 Å². The van der Waals surface area contributed by atoms with E-state index >= 15 is 0 Å². The first-order chi connectivity index (χ1) is 7.66. The van der Waals surface area contributed by atoms with Crippen molar-refractivity contribution in [3.8, 4) is 0 Å². The molecule has 0 fully saturated rings. The monoisotopic (exact) mass is 239 g/mol. The molecule has 1 aromatic heterocycles. The van der Waals surface area contributed by atoms with E-state index in [4.69, 9.17) is 11.6 Å². The van der Waals surface area contributed by atoms with Crippen LogP contribution in [0.25, 0.3) is 0 Å². The van der Waals surface area contributed by atoms with Gasteiger partial charge in [0.1, 0.15) is 5.82 Å². The number of amides is 1. The largest absolute Gasteiger partial charge is 0.346 e. The quantitative estimate of drug-likeness (QED) is 0.832. The Morgan fingerprint density at radius 1 is 1.50 bits per heavy atom. The SMILES string of the molecule is O=C(Nc1ccc(F)c(Cl)c1)n1cccn1. The molecular formula is C10H7ClFN3O. The number of hydrogen-bond acceptors (Lipinski definition) is 2. The molecule has 16 heavy (non-hydrogen) atoms. The van der Waals surface area contributed by atoms with Gasteiger partial charge >= 0.3 is 6.03 Å². The van der Waals surface area contributed by atoms with Crippen LogP contribution in [0.1, 0.15) is 0 Å². The molecule has 0 saturated carbocycles. The van der Waals surface area contributed by atoms with Gasteiger partial charge in [0.15, 0.2) is 0 Å². The lowest BCUT2D eigenvalue weighted by Gasteiger charge is -2.05. The van der Waals surface area contributed by atoms with Gasteiger partial charge in [-0.25, -0.2) is 9.18 Å². The maximum atomic E-state index is 12.8. The van der Waals surface area contributed by atoms with E-state index in [1.807, 2.05) is 0 Å². The Hall–Kier alpha value is -1.88. The molecule has 1 aromatic carbocycles. The standard InChI is InChI=1S/C10H7ClFN3O/c11-8-6-7(2-3-9(8)12)14-10(16)15-5-1-4-13-15/h1-6H,(H,14,16). The molecule has 0 unspecified atom stereocenters. The summed E-state index contributed by atoms with van der Waals surface area (Å²) in [5.41, 5.74) is 0.409. The van der Waals surface area contributed by atoms with Crippen LogP contribution in [0.2, 0.25) is 5.02 Å². The van der Waals surface area contributed by atoms with Crippen LogP contribution in [0.15, 0.2) is 36.7 Å². The van der Waals surface area contributed by atoms with Crippen LogP contribution in [0, 0.1) is 5.82 Å². The number of hydrogen-bond donors (Lipinski definition) is 1. The summed E-state index contributed by atoms with van der Waals surface area (Å²) >= 11 is 5.57. The van der Waals surface area contributed by atoms with E-state index in [2.05, 4.69) is 10.4 Å². The third kappa shape index (κ3) is 2.20. The highest BCUT2D eigenvalue weighted by atomic mass is 35.5. The molecule has 0 radical (unpaired) electrons. The van der Waals surface area contributed by atoms with E-state index in [1.165, 1.54) is 30.6 Å². The number of nitrogens with one attached hydrogen (secondary N) is 1. The van der Waals surface area contributed by atoms with Gasteiger partial charge in [0, 0.05) is 18.1 Å². The summed E-state index contributed by atoms with van der Waals surface area (Å²) in [7, 11) is 0. The summed E-state index contributed by atoms with van der Waals surface area (Å²) in [4.78, 5) is 11.5. The van der Waals surface area contributed by atoms with Gasteiger partial charge in [0.25, 0.3) is 0 Å². The summed E-state index contributed by atoms with van der Waals surface area (Å²) in [5.74, 6) is -0.529. The molecule has 0 atom stereocenters. The van der Waals surface area contributed by atoms with Gasteiger partial charge in [0.05, 0.1) is 5.02 Å². The molecule has 82 valence electrons. The lowest BCUT2D eigenvalue weighted by Crippen LogP contribution is -2.19. The molecular weight excluding hydrogens is 233 g/mol. The molecule has 2 rings (SSSR count). The van der Waals surface area contributed by atoms with E-state index in [-0.39, 0.29) is 5.02 Å². The maximum absolute atomic E-state index is 12.8. The number of halogens is 2. The number of benzene rings is 1. The number of carbonyl (C=O) groups is 1. The zero-order valence-electron chi connectivity index (χ0n) is 8.02. The molecule has 0 bridgehead atoms. The van der Waals surface area contributed by atoms with Crippen molar-refractivity contribution in [3.05, 3.63) is 47.5 Å². The smallest absolute Gasteiger partial charge is 0.306 e. The van der Waals surface area contributed by atoms with E-state index in [0.717, 1.165) is 4.68 Å². The van der Waals surface area contributed by atoms with Gasteiger partial charge in [-0.3, -0.25) is 0 Å². The van der Waals surface area contributed by atoms with Crippen molar-refractivity contribution >= 4 is 23.3 Å². The highest BCUT2D eigenvalue weighted by molar-refractivity contribution is 6.31. The molecule has 1 heterocycles. The van der Waals surface area contributed by atoms with Crippen molar-refractivity contribution in [2.45, 2.75) is 0 Å². The van der Waals surface area contributed by atoms with Crippen molar-refractivity contribution in [2.24, 2.45) is 0 Å². The third-order valence-electron chi connectivity index (χ3n) is 1.88. The predicted octanol–water partition coefficient (Wildman–Crippen LogP) is 2.76. The van der Waals surface area contributed by atoms with E-state index < -0.39 is 11.8 Å². The van der Waals surface area contributed by atoms with Gasteiger partial charge in [0.2, 0.25) is 0 Å². The first kappa shape index (κ1) is 10.6. The first-order valence-electron chi connectivity index (χ1n) is 4.43. The molecule has 1 amide bonds. The van der Waals surface area contributed by atoms with Gasteiger partial charge in [-0.15, -0.1) is 0 Å². The van der Waals surface area contributed by atoms with E-state index in [0.29, 0.717) is 5.69 Å². The van der Waals surface area contributed by atoms with Gasteiger partial charge in [-0.05, 0) is 24.3 Å². The van der Waals surface area contributed by atoms with Gasteiger partial charge < -0.3 is 5.32 Å². The minimum absolute atomic E-state index is 0.0433. The fraction of sp³-hybridized carbons (Fsp3) is 0. The third-order valence-corrected chi connectivity index (χ3v) is 2.17. The molecule has 6 heteroatoms. The van der Waals surface area contributed by atoms with Crippen molar-refractivity contribution in [3.63, 3.8) is 0 Å². The fourth-order valence-electron chi connectivity index (χ4n) is 1.14. The summed E-state index contributed by atoms with van der Waals surface area (Å²) in [6, 6.07) is 5.12. The van der Waals surface area contributed by atoms with Crippen LogP contribution in [0.5, 0.6) is 0 Å². The Balaban J connectivity index is 2.15. The molecule has 2 aromatic rings. The number of aromatic nitrogens is 2. The zero-order valence-corrected chi connectivity index (χ0v) is 8.78. The lowest BCUT2D eigenvalue weighted by molar-refractivity contribution is 0.251. The molecule has 1 N–H and O–H groups in total. The Morgan fingerprint density at radius 3 is 2.94 bits per heavy atom. The van der Waals surface area contributed by atoms with Gasteiger partial charge in [-0.1, -0.05) is 11.6 Å². The molecule has 4 nitrogen and oxygen atoms in total. The predicted molar refractivity (Wildman–Crippen MR) is 58.1 cm³/mol. The first-order valence-corrected chi connectivity index (χ1v) is 4.80. The molecule has 0 aliphatic heterocycles. The Labute approximate surface area is 95.6 Å². The highest BCUT2D eigenvalue weighted by Gasteiger charge is 2.06. The summed E-state index contributed by atoms with van der Waals surface area (Å²) in [6.45, 7) is 0. The second-order valence-corrected chi connectivity index (χ2v) is 3.42. The normalized spacial score (nSPS) is 10.1. The minimum atomic E-state index is -0.529. The van der Waals surface area contributed by atoms with Crippen LogP contribution in [0.3, 0.4) is 0 Å². The number of nitrogens with zero attached hydrogens (tertiary/aromatic N) is 2. The van der Waals surface area contributed by atoms with Crippen molar-refractivity contribution in [1.82, 2.24) is 9.78 Å². The van der Waals surface area contributed by atoms with E-state index in [9.17, 15) is 9.18 Å². The van der Waals surface area contributed by atoms with Crippen LogP contribution >= 0.6 is 11.6 Å². The van der Waals surface area contributed by atoms with Crippen LogP contribution < -0.4 is 5.32 Å². The summed E-state index contributed by atoms with van der Waals surface area (Å²) in [5, 5.41) is 6.23. The lowest BCUT2D eigenvalue weighted by atomic mass is 10.3. The highest BCUT2D eigenvalue weighted by Crippen LogP contribution is 2.19. The Kier molecular flexibility index (Phi) is 2.87. The maximum Gasteiger partial charge on any atom is 0.346 e. The summed E-state index contributed by atoms with van der Waals surface area (Å²) < 4.78 is 14.0. The molecule has 0 aliphatic carbocycles. The van der Waals surface area contributed by atoms with Crippen molar-refractivity contribution in [2.75, 3.05) is 5.32 Å². The van der Waals surface area contributed by atoms with Crippen LogP contribution in [0.4, 0.5) is 14.9 Å². The summed E-state index contributed by atoms with van der Waals surface area (Å²) in [6.07, 6.45) is 2.98. The molecule has 0 saturated heterocycles. The Morgan fingerprint density at radius 2 is 2.31 bits per heavy atom. The second kappa shape index (κ2) is 4.32. The van der Waals surface area contributed by atoms with Crippen LogP contribution in [-0.2, 0) is 0 Å². The average Bonchev–Trinajstić information content (AvgIpc) is 2.77.